The SMILES string of the molecule is CCCC=CCCc1ccc(C#Cc2ccc(CCCCCCC)cc2)cc1. The Kier molecular flexibility index (Phi) is 10.9. The van der Waals surface area contributed by atoms with Gasteiger partial charge in [0.2, 0.25) is 0 Å². The highest BCUT2D eigenvalue weighted by Gasteiger charge is 1.95. The molecule has 0 unspecified atom stereocenters. The Hall–Kier alpha value is -2.26. The summed E-state index contributed by atoms with van der Waals surface area (Å²) in [5.41, 5.74) is 5.00. The number of allylic oxidation sites excluding steroid dienone is 2. The van der Waals surface area contributed by atoms with E-state index in [4.69, 9.17) is 0 Å². The largest absolute Gasteiger partial charge is 0.0885 e. The number of aryl methyl sites for hydroxylation is 2. The van der Waals surface area contributed by atoms with Crippen LogP contribution < -0.4 is 0 Å². The fraction of sp³-hybridized carbons (Fsp3) is 0.429. The van der Waals surface area contributed by atoms with Crippen LogP contribution in [0.4, 0.5) is 0 Å². The monoisotopic (exact) mass is 372 g/mol. The van der Waals surface area contributed by atoms with Crippen LogP contribution in [0.25, 0.3) is 0 Å². The van der Waals surface area contributed by atoms with Crippen molar-refractivity contribution in [1.82, 2.24) is 0 Å². The van der Waals surface area contributed by atoms with Gasteiger partial charge in [-0.15, -0.1) is 0 Å². The predicted molar refractivity (Wildman–Crippen MR) is 124 cm³/mol. The Balaban J connectivity index is 1.79. The second-order valence-corrected chi connectivity index (χ2v) is 7.61. The van der Waals surface area contributed by atoms with Crippen molar-refractivity contribution in [3.63, 3.8) is 0 Å². The third-order valence-corrected chi connectivity index (χ3v) is 5.05. The van der Waals surface area contributed by atoms with Crippen molar-refractivity contribution in [2.75, 3.05) is 0 Å². The minimum Gasteiger partial charge on any atom is -0.0885 e. The van der Waals surface area contributed by atoms with Gasteiger partial charge in [-0.1, -0.05) is 94.2 Å². The van der Waals surface area contributed by atoms with Gasteiger partial charge in [-0.25, -0.2) is 0 Å². The maximum atomic E-state index is 3.30. The number of benzene rings is 2. The molecule has 28 heavy (non-hydrogen) atoms. The van der Waals surface area contributed by atoms with Crippen LogP contribution in [0.2, 0.25) is 0 Å². The van der Waals surface area contributed by atoms with Crippen molar-refractivity contribution in [3.8, 4) is 11.8 Å². The molecule has 0 fully saturated rings. The highest BCUT2D eigenvalue weighted by atomic mass is 14.0. The van der Waals surface area contributed by atoms with Gasteiger partial charge >= 0.3 is 0 Å². The summed E-state index contributed by atoms with van der Waals surface area (Å²) in [7, 11) is 0. The fourth-order valence-corrected chi connectivity index (χ4v) is 3.24. The van der Waals surface area contributed by atoms with Crippen molar-refractivity contribution in [2.24, 2.45) is 0 Å². The molecule has 0 N–H and O–H groups in total. The third kappa shape index (κ3) is 9.09. The lowest BCUT2D eigenvalue weighted by molar-refractivity contribution is 0.632. The Morgan fingerprint density at radius 2 is 1.11 bits per heavy atom. The number of hydrogen-bond donors (Lipinski definition) is 0. The molecule has 0 aliphatic rings. The van der Waals surface area contributed by atoms with E-state index in [-0.39, 0.29) is 0 Å². The molecule has 2 rings (SSSR count). The van der Waals surface area contributed by atoms with Gasteiger partial charge in [0.25, 0.3) is 0 Å². The van der Waals surface area contributed by atoms with Crippen LogP contribution >= 0.6 is 0 Å². The molecule has 0 spiro atoms. The third-order valence-electron chi connectivity index (χ3n) is 5.05. The van der Waals surface area contributed by atoms with E-state index in [0.29, 0.717) is 0 Å². The molecule has 0 radical (unpaired) electrons. The molecule has 2 aromatic carbocycles. The molecule has 0 heteroatoms. The fourth-order valence-electron chi connectivity index (χ4n) is 3.24. The van der Waals surface area contributed by atoms with Crippen molar-refractivity contribution >= 4 is 0 Å². The van der Waals surface area contributed by atoms with Crippen LogP contribution in [0.1, 0.15) is 87.5 Å². The Morgan fingerprint density at radius 3 is 1.68 bits per heavy atom. The second-order valence-electron chi connectivity index (χ2n) is 7.61. The van der Waals surface area contributed by atoms with E-state index in [1.165, 1.54) is 62.5 Å². The molecule has 0 saturated carbocycles. The maximum Gasteiger partial charge on any atom is 0.0249 e. The molecule has 148 valence electrons. The highest BCUT2D eigenvalue weighted by molar-refractivity contribution is 5.44. The first kappa shape index (κ1) is 22.0. The first-order valence-electron chi connectivity index (χ1n) is 11.2. The van der Waals surface area contributed by atoms with Crippen molar-refractivity contribution in [1.29, 1.82) is 0 Å². The van der Waals surface area contributed by atoms with Crippen molar-refractivity contribution < 1.29 is 0 Å². The average molecular weight is 373 g/mol. The van der Waals surface area contributed by atoms with Gasteiger partial charge in [-0.2, -0.15) is 0 Å². The van der Waals surface area contributed by atoms with E-state index >= 15 is 0 Å². The molecular weight excluding hydrogens is 336 g/mol. The van der Waals surface area contributed by atoms with Gasteiger partial charge in [-0.3, -0.25) is 0 Å². The Morgan fingerprint density at radius 1 is 0.571 bits per heavy atom. The lowest BCUT2D eigenvalue weighted by Gasteiger charge is -2.02. The second kappa shape index (κ2) is 13.8. The van der Waals surface area contributed by atoms with E-state index in [2.05, 4.69) is 86.4 Å². The molecule has 0 aliphatic heterocycles. The summed E-state index contributed by atoms with van der Waals surface area (Å²) in [4.78, 5) is 0. The summed E-state index contributed by atoms with van der Waals surface area (Å²) >= 11 is 0. The zero-order chi connectivity index (χ0) is 19.9. The first-order chi connectivity index (χ1) is 13.8. The van der Waals surface area contributed by atoms with Crippen LogP contribution in [0.5, 0.6) is 0 Å². The van der Waals surface area contributed by atoms with Gasteiger partial charge < -0.3 is 0 Å². The topological polar surface area (TPSA) is 0 Å². The van der Waals surface area contributed by atoms with Crippen molar-refractivity contribution in [3.05, 3.63) is 82.9 Å². The number of unbranched alkanes of at least 4 members (excludes halogenated alkanes) is 5. The minimum atomic E-state index is 1.09. The zero-order valence-corrected chi connectivity index (χ0v) is 17.8. The summed E-state index contributed by atoms with van der Waals surface area (Å²) in [6, 6.07) is 17.5. The average Bonchev–Trinajstić information content (AvgIpc) is 2.74. The smallest absolute Gasteiger partial charge is 0.0249 e. The van der Waals surface area contributed by atoms with E-state index in [0.717, 1.165) is 24.0 Å². The summed E-state index contributed by atoms with van der Waals surface area (Å²) in [5.74, 6) is 6.59. The van der Waals surface area contributed by atoms with E-state index in [9.17, 15) is 0 Å². The van der Waals surface area contributed by atoms with Gasteiger partial charge in [-0.05, 0) is 67.5 Å². The minimum absolute atomic E-state index is 1.09. The number of rotatable bonds is 11. The summed E-state index contributed by atoms with van der Waals surface area (Å²) in [5, 5.41) is 0. The van der Waals surface area contributed by atoms with Gasteiger partial charge in [0, 0.05) is 11.1 Å². The van der Waals surface area contributed by atoms with Crippen LogP contribution in [-0.2, 0) is 12.8 Å². The van der Waals surface area contributed by atoms with Crippen LogP contribution in [0.15, 0.2) is 60.7 Å². The molecule has 0 bridgehead atoms. The molecule has 2 aromatic rings. The Bertz CT molecular complexity index is 735. The van der Waals surface area contributed by atoms with Crippen LogP contribution in [0.3, 0.4) is 0 Å². The molecular formula is C28H36. The van der Waals surface area contributed by atoms with Gasteiger partial charge in [0.05, 0.1) is 0 Å². The van der Waals surface area contributed by atoms with Gasteiger partial charge in [0.1, 0.15) is 0 Å². The predicted octanol–water partition coefficient (Wildman–Crippen LogP) is 7.89. The molecule has 0 saturated heterocycles. The first-order valence-corrected chi connectivity index (χ1v) is 11.2. The Labute approximate surface area is 173 Å². The highest BCUT2D eigenvalue weighted by Crippen LogP contribution is 2.11. The molecule has 0 aromatic heterocycles. The van der Waals surface area contributed by atoms with E-state index in [1.807, 2.05) is 0 Å². The lowest BCUT2D eigenvalue weighted by atomic mass is 10.0. The molecule has 0 heterocycles. The normalized spacial score (nSPS) is 10.8. The number of hydrogen-bond acceptors (Lipinski definition) is 0. The van der Waals surface area contributed by atoms with Crippen molar-refractivity contribution in [2.45, 2.75) is 78.1 Å². The molecule has 0 aliphatic carbocycles. The quantitative estimate of drug-likeness (QED) is 0.214. The van der Waals surface area contributed by atoms with E-state index < -0.39 is 0 Å². The standard InChI is InChI=1S/C28H36/c1-3-5-7-9-11-13-25-15-19-27(20-16-25)23-24-28-21-17-26(18-22-28)14-12-10-8-6-4-2/h7,9,15-22H,3-6,8,10-14H2,1-2H3. The summed E-state index contributed by atoms with van der Waals surface area (Å²) in [6.45, 7) is 4.48. The van der Waals surface area contributed by atoms with Crippen LogP contribution in [0, 0.1) is 11.8 Å². The van der Waals surface area contributed by atoms with Gasteiger partial charge in [0.15, 0.2) is 0 Å². The zero-order valence-electron chi connectivity index (χ0n) is 17.8. The summed E-state index contributed by atoms with van der Waals surface area (Å²) in [6.07, 6.45) is 17.1. The lowest BCUT2D eigenvalue weighted by Crippen LogP contribution is -1.87. The maximum absolute atomic E-state index is 3.30. The molecule has 0 nitrogen and oxygen atoms in total. The molecule has 0 atom stereocenters. The van der Waals surface area contributed by atoms with E-state index in [1.54, 1.807) is 0 Å². The van der Waals surface area contributed by atoms with Crippen LogP contribution in [-0.4, -0.2) is 0 Å². The molecule has 0 amide bonds. The summed E-state index contributed by atoms with van der Waals surface area (Å²) < 4.78 is 0.